The lowest BCUT2D eigenvalue weighted by molar-refractivity contribution is -0.0399. The molecule has 4 bridgehead atoms. The average Bonchev–Trinajstić information content (AvgIpc) is 3.65. The van der Waals surface area contributed by atoms with Crippen molar-refractivity contribution in [2.24, 2.45) is 23.7 Å². The van der Waals surface area contributed by atoms with Crippen LogP contribution in [0.5, 0.6) is 0 Å². The number of fused-ring (bicyclic) bond motifs is 6. The number of hydrogen-bond donors (Lipinski definition) is 0. The van der Waals surface area contributed by atoms with Gasteiger partial charge in [-0.25, -0.2) is 0 Å². The lowest BCUT2D eigenvalue weighted by Gasteiger charge is -2.61. The monoisotopic (exact) mass is 635 g/mol. The Morgan fingerprint density at radius 1 is 0.458 bits per heavy atom. The SMILES string of the molecule is c1ccc(N(c2ccc(-c3ccc4c(c3)-c3ccccc3C43C4CC5CC(C4)CC3C5)cc2)c2ccc3sc4ccccc4c3c2)cc1. The summed E-state index contributed by atoms with van der Waals surface area (Å²) in [4.78, 5) is 2.39. The zero-order chi connectivity index (χ0) is 31.4. The summed E-state index contributed by atoms with van der Waals surface area (Å²) >= 11 is 1.87. The first-order chi connectivity index (χ1) is 23.7. The molecule has 0 radical (unpaired) electrons. The van der Waals surface area contributed by atoms with Crippen LogP contribution >= 0.6 is 11.3 Å². The zero-order valence-corrected chi connectivity index (χ0v) is 27.8. The molecule has 12 rings (SSSR count). The first kappa shape index (κ1) is 27.3. The van der Waals surface area contributed by atoms with Crippen molar-refractivity contribution in [2.75, 3.05) is 4.90 Å². The quantitative estimate of drug-likeness (QED) is 0.186. The predicted molar refractivity (Wildman–Crippen MR) is 203 cm³/mol. The van der Waals surface area contributed by atoms with E-state index in [1.165, 1.54) is 91.6 Å². The third-order valence-electron chi connectivity index (χ3n) is 12.6. The minimum absolute atomic E-state index is 0.229. The smallest absolute Gasteiger partial charge is 0.0468 e. The van der Waals surface area contributed by atoms with E-state index in [-0.39, 0.29) is 5.41 Å². The highest BCUT2D eigenvalue weighted by atomic mass is 32.1. The third-order valence-corrected chi connectivity index (χ3v) is 13.8. The molecule has 48 heavy (non-hydrogen) atoms. The Morgan fingerprint density at radius 3 is 1.90 bits per heavy atom. The van der Waals surface area contributed by atoms with Gasteiger partial charge >= 0.3 is 0 Å². The summed E-state index contributed by atoms with van der Waals surface area (Å²) in [5.41, 5.74) is 12.6. The van der Waals surface area contributed by atoms with Crippen LogP contribution in [0, 0.1) is 23.7 Å². The summed E-state index contributed by atoms with van der Waals surface area (Å²) in [5, 5.41) is 2.65. The topological polar surface area (TPSA) is 3.24 Å². The number of hydrogen-bond acceptors (Lipinski definition) is 2. The number of para-hydroxylation sites is 1. The number of thiophene rings is 1. The van der Waals surface area contributed by atoms with Gasteiger partial charge in [0.2, 0.25) is 0 Å². The van der Waals surface area contributed by atoms with Gasteiger partial charge in [-0.2, -0.15) is 0 Å². The van der Waals surface area contributed by atoms with Gasteiger partial charge in [-0.3, -0.25) is 0 Å². The molecule has 1 aromatic heterocycles. The molecule has 0 amide bonds. The Kier molecular flexibility index (Phi) is 5.79. The van der Waals surface area contributed by atoms with Crippen LogP contribution in [0.4, 0.5) is 17.1 Å². The van der Waals surface area contributed by atoms with Gasteiger partial charge in [0.25, 0.3) is 0 Å². The minimum Gasteiger partial charge on any atom is -0.310 e. The molecule has 6 aromatic carbocycles. The maximum Gasteiger partial charge on any atom is 0.0468 e. The van der Waals surface area contributed by atoms with E-state index < -0.39 is 0 Å². The van der Waals surface area contributed by atoms with Gasteiger partial charge in [0.15, 0.2) is 0 Å². The molecule has 1 spiro atoms. The molecule has 0 atom stereocenters. The van der Waals surface area contributed by atoms with Crippen molar-refractivity contribution in [1.82, 2.24) is 0 Å². The van der Waals surface area contributed by atoms with Crippen LogP contribution < -0.4 is 4.90 Å². The normalized spacial score (nSPS) is 24.8. The van der Waals surface area contributed by atoms with Crippen LogP contribution in [-0.2, 0) is 5.41 Å². The van der Waals surface area contributed by atoms with Crippen LogP contribution in [0.2, 0.25) is 0 Å². The van der Waals surface area contributed by atoms with Gasteiger partial charge in [-0.15, -0.1) is 11.3 Å². The molecule has 4 fully saturated rings. The van der Waals surface area contributed by atoms with Crippen molar-refractivity contribution in [3.05, 3.63) is 151 Å². The average molecular weight is 636 g/mol. The molecule has 5 aliphatic carbocycles. The van der Waals surface area contributed by atoms with Crippen LogP contribution in [0.3, 0.4) is 0 Å². The highest BCUT2D eigenvalue weighted by Crippen LogP contribution is 2.69. The van der Waals surface area contributed by atoms with Crippen molar-refractivity contribution in [2.45, 2.75) is 37.5 Å². The molecule has 1 nitrogen and oxygen atoms in total. The van der Waals surface area contributed by atoms with E-state index in [0.29, 0.717) is 0 Å². The first-order valence-corrected chi connectivity index (χ1v) is 18.7. The van der Waals surface area contributed by atoms with Crippen molar-refractivity contribution in [1.29, 1.82) is 0 Å². The van der Waals surface area contributed by atoms with Gasteiger partial charge < -0.3 is 4.90 Å². The standard InChI is InChI=1S/C46H37NS/c1-2-8-35(9-3-1)47(37-19-21-45-41(28-37)39-11-5-7-13-44(39)48-45)36-17-14-31(15-18-36)32-16-20-43-40(27-32)38-10-4-6-12-42(38)46(43)33-23-29-22-30(25-33)26-34(46)24-29/h1-21,27-30,33-34H,22-26H2. The van der Waals surface area contributed by atoms with Crippen LogP contribution in [0.25, 0.3) is 42.4 Å². The fraction of sp³-hybridized carbons (Fsp3) is 0.217. The summed E-state index contributed by atoms with van der Waals surface area (Å²) in [6.45, 7) is 0. The van der Waals surface area contributed by atoms with Crippen molar-refractivity contribution in [3.63, 3.8) is 0 Å². The summed E-state index contributed by atoms with van der Waals surface area (Å²) < 4.78 is 2.67. The lowest BCUT2D eigenvalue weighted by Crippen LogP contribution is -2.55. The molecule has 0 saturated heterocycles. The highest BCUT2D eigenvalue weighted by molar-refractivity contribution is 7.25. The Hall–Kier alpha value is -4.66. The van der Waals surface area contributed by atoms with Gasteiger partial charge in [0.05, 0.1) is 0 Å². The molecular weight excluding hydrogens is 599 g/mol. The molecule has 0 aliphatic heterocycles. The van der Waals surface area contributed by atoms with Crippen molar-refractivity contribution < 1.29 is 0 Å². The van der Waals surface area contributed by atoms with E-state index in [9.17, 15) is 0 Å². The summed E-state index contributed by atoms with van der Waals surface area (Å²) in [6.07, 6.45) is 7.21. The minimum atomic E-state index is 0.229. The molecule has 4 saturated carbocycles. The molecule has 0 N–H and O–H groups in total. The molecule has 2 heteroatoms. The maximum atomic E-state index is 2.54. The van der Waals surface area contributed by atoms with Crippen molar-refractivity contribution >= 4 is 48.6 Å². The Bertz CT molecular complexity index is 2340. The Balaban J connectivity index is 0.998. The molecule has 5 aliphatic rings. The van der Waals surface area contributed by atoms with Gasteiger partial charge in [-0.05, 0) is 144 Å². The number of nitrogens with zero attached hydrogens (tertiary/aromatic N) is 1. The Labute approximate surface area is 286 Å². The van der Waals surface area contributed by atoms with E-state index in [1.807, 2.05) is 11.3 Å². The van der Waals surface area contributed by atoms with Crippen molar-refractivity contribution in [3.8, 4) is 22.3 Å². The van der Waals surface area contributed by atoms with E-state index in [1.54, 1.807) is 11.1 Å². The molecule has 7 aromatic rings. The van der Waals surface area contributed by atoms with Crippen LogP contribution in [0.15, 0.2) is 140 Å². The number of benzene rings is 6. The fourth-order valence-corrected chi connectivity index (χ4v) is 12.1. The van der Waals surface area contributed by atoms with Gasteiger partial charge in [-0.1, -0.05) is 84.9 Å². The van der Waals surface area contributed by atoms with Gasteiger partial charge in [0, 0.05) is 42.6 Å². The zero-order valence-electron chi connectivity index (χ0n) is 27.0. The second-order valence-corrected chi connectivity index (χ2v) is 16.1. The van der Waals surface area contributed by atoms with Gasteiger partial charge in [0.1, 0.15) is 0 Å². The second kappa shape index (κ2) is 10.2. The van der Waals surface area contributed by atoms with Crippen LogP contribution in [0.1, 0.15) is 43.2 Å². The molecule has 0 unspecified atom stereocenters. The Morgan fingerprint density at radius 2 is 1.08 bits per heavy atom. The third kappa shape index (κ3) is 3.78. The lowest BCUT2D eigenvalue weighted by atomic mass is 9.43. The fourth-order valence-electron chi connectivity index (χ4n) is 11.0. The van der Waals surface area contributed by atoms with E-state index in [4.69, 9.17) is 0 Å². The second-order valence-electron chi connectivity index (χ2n) is 15.0. The van der Waals surface area contributed by atoms with E-state index >= 15 is 0 Å². The largest absolute Gasteiger partial charge is 0.310 e. The number of anilines is 3. The molecule has 1 heterocycles. The summed E-state index contributed by atoms with van der Waals surface area (Å²) in [6, 6.07) is 52.7. The van der Waals surface area contributed by atoms with E-state index in [0.717, 1.165) is 23.7 Å². The number of rotatable bonds is 4. The first-order valence-electron chi connectivity index (χ1n) is 17.9. The predicted octanol–water partition coefficient (Wildman–Crippen LogP) is 12.9. The maximum absolute atomic E-state index is 2.54. The highest BCUT2D eigenvalue weighted by Gasteiger charge is 2.61. The molecule has 232 valence electrons. The van der Waals surface area contributed by atoms with E-state index in [2.05, 4.69) is 144 Å². The summed E-state index contributed by atoms with van der Waals surface area (Å²) in [7, 11) is 0. The van der Waals surface area contributed by atoms with Crippen LogP contribution in [-0.4, -0.2) is 0 Å². The molecular formula is C46H37NS. The summed E-state index contributed by atoms with van der Waals surface area (Å²) in [5.74, 6) is 3.54.